The Hall–Kier alpha value is -3.57. The first-order chi connectivity index (χ1) is 15.4. The van der Waals surface area contributed by atoms with Gasteiger partial charge in [0.25, 0.3) is 11.8 Å². The number of amides is 2. The van der Waals surface area contributed by atoms with Crippen molar-refractivity contribution in [2.45, 2.75) is 20.8 Å². The summed E-state index contributed by atoms with van der Waals surface area (Å²) in [6, 6.07) is 19.7. The van der Waals surface area contributed by atoms with Gasteiger partial charge in [-0.1, -0.05) is 29.8 Å². The highest BCUT2D eigenvalue weighted by molar-refractivity contribution is 6.46. The number of halogens is 1. The van der Waals surface area contributed by atoms with E-state index in [2.05, 4.69) is 5.32 Å². The van der Waals surface area contributed by atoms with Crippen LogP contribution < -0.4 is 15.0 Å². The van der Waals surface area contributed by atoms with E-state index in [1.54, 1.807) is 48.5 Å². The van der Waals surface area contributed by atoms with Gasteiger partial charge in [0, 0.05) is 10.7 Å². The van der Waals surface area contributed by atoms with Gasteiger partial charge in [-0.2, -0.15) is 0 Å². The number of carbonyl (C=O) groups excluding carboxylic acids is 2. The van der Waals surface area contributed by atoms with Gasteiger partial charge in [-0.3, -0.25) is 9.59 Å². The maximum Gasteiger partial charge on any atom is 0.282 e. The molecule has 0 radical (unpaired) electrons. The normalized spacial score (nSPS) is 13.7. The average Bonchev–Trinajstić information content (AvgIpc) is 2.98. The lowest BCUT2D eigenvalue weighted by Gasteiger charge is -2.16. The molecule has 1 N–H and O–H groups in total. The van der Waals surface area contributed by atoms with Crippen LogP contribution >= 0.6 is 11.6 Å². The highest BCUT2D eigenvalue weighted by Crippen LogP contribution is 2.35. The summed E-state index contributed by atoms with van der Waals surface area (Å²) in [5.41, 5.74) is 4.50. The molecule has 1 heterocycles. The Bertz CT molecular complexity index is 1190. The Morgan fingerprint density at radius 1 is 0.875 bits per heavy atom. The summed E-state index contributed by atoms with van der Waals surface area (Å²) < 4.78 is 5.48. The van der Waals surface area contributed by atoms with Crippen LogP contribution in [-0.4, -0.2) is 18.4 Å². The molecule has 1 aliphatic heterocycles. The lowest BCUT2D eigenvalue weighted by atomic mass is 10.0. The van der Waals surface area contributed by atoms with E-state index in [1.165, 1.54) is 4.90 Å². The molecule has 0 aliphatic carbocycles. The van der Waals surface area contributed by atoms with Crippen molar-refractivity contribution in [2.75, 3.05) is 16.8 Å². The third-order valence-electron chi connectivity index (χ3n) is 5.11. The zero-order valence-electron chi connectivity index (χ0n) is 18.1. The summed E-state index contributed by atoms with van der Waals surface area (Å²) in [4.78, 5) is 28.2. The van der Waals surface area contributed by atoms with E-state index in [1.807, 2.05) is 39.0 Å². The van der Waals surface area contributed by atoms with Gasteiger partial charge in [-0.25, -0.2) is 4.90 Å². The van der Waals surface area contributed by atoms with Crippen molar-refractivity contribution < 1.29 is 14.3 Å². The summed E-state index contributed by atoms with van der Waals surface area (Å²) in [5, 5.41) is 3.76. The van der Waals surface area contributed by atoms with E-state index in [9.17, 15) is 9.59 Å². The molecule has 3 aromatic carbocycles. The Labute approximate surface area is 192 Å². The maximum atomic E-state index is 13.5. The van der Waals surface area contributed by atoms with Crippen LogP contribution in [0.15, 0.2) is 72.4 Å². The topological polar surface area (TPSA) is 58.6 Å². The minimum Gasteiger partial charge on any atom is -0.494 e. The monoisotopic (exact) mass is 446 g/mol. The first-order valence-electron chi connectivity index (χ1n) is 10.3. The second-order valence-electron chi connectivity index (χ2n) is 7.63. The third kappa shape index (κ3) is 4.25. The number of ether oxygens (including phenoxy) is 1. The number of anilines is 2. The van der Waals surface area contributed by atoms with Gasteiger partial charge in [0.1, 0.15) is 11.4 Å². The molecule has 32 heavy (non-hydrogen) atoms. The molecule has 1 aliphatic rings. The number of nitrogens with one attached hydrogen (secondary N) is 1. The zero-order chi connectivity index (χ0) is 22.8. The lowest BCUT2D eigenvalue weighted by molar-refractivity contribution is -0.120. The van der Waals surface area contributed by atoms with E-state index >= 15 is 0 Å². The SMILES string of the molecule is CCOc1ccc(N2C(=O)C(Nc3cc(C)cc(C)c3)=C(c3ccc(Cl)cc3)C2=O)cc1. The number of carbonyl (C=O) groups is 2. The number of hydrogen-bond donors (Lipinski definition) is 1. The van der Waals surface area contributed by atoms with Crippen molar-refractivity contribution in [3.63, 3.8) is 0 Å². The second-order valence-corrected chi connectivity index (χ2v) is 8.07. The molecule has 3 aromatic rings. The Morgan fingerprint density at radius 2 is 1.50 bits per heavy atom. The Balaban J connectivity index is 1.78. The molecule has 0 saturated carbocycles. The Morgan fingerprint density at radius 3 is 2.09 bits per heavy atom. The van der Waals surface area contributed by atoms with Crippen LogP contribution in [0.5, 0.6) is 5.75 Å². The molecule has 0 unspecified atom stereocenters. The fraction of sp³-hybridized carbons (Fsp3) is 0.154. The van der Waals surface area contributed by atoms with Crippen molar-refractivity contribution in [1.29, 1.82) is 0 Å². The standard InChI is InChI=1S/C26H23ClN2O3/c1-4-32-22-11-9-21(10-12-22)29-25(30)23(18-5-7-19(27)8-6-18)24(26(29)31)28-20-14-16(2)13-17(3)15-20/h5-15,28H,4H2,1-3H3. The molecule has 162 valence electrons. The molecule has 0 aromatic heterocycles. The molecule has 0 atom stereocenters. The van der Waals surface area contributed by atoms with E-state index < -0.39 is 11.8 Å². The van der Waals surface area contributed by atoms with Crippen LogP contribution in [0.2, 0.25) is 5.02 Å². The molecular formula is C26H23ClN2O3. The number of rotatable bonds is 6. The highest BCUT2D eigenvalue weighted by atomic mass is 35.5. The predicted octanol–water partition coefficient (Wildman–Crippen LogP) is 5.75. The average molecular weight is 447 g/mol. The number of hydrogen-bond acceptors (Lipinski definition) is 4. The summed E-state index contributed by atoms with van der Waals surface area (Å²) in [7, 11) is 0. The van der Waals surface area contributed by atoms with Crippen molar-refractivity contribution in [2.24, 2.45) is 0 Å². The van der Waals surface area contributed by atoms with Gasteiger partial charge < -0.3 is 10.1 Å². The molecular weight excluding hydrogens is 424 g/mol. The Kier molecular flexibility index (Phi) is 6.01. The predicted molar refractivity (Wildman–Crippen MR) is 128 cm³/mol. The minimum atomic E-state index is -0.414. The van der Waals surface area contributed by atoms with Gasteiger partial charge in [0.15, 0.2) is 0 Å². The lowest BCUT2D eigenvalue weighted by Crippen LogP contribution is -2.32. The maximum absolute atomic E-state index is 13.5. The number of imide groups is 1. The van der Waals surface area contributed by atoms with Crippen molar-refractivity contribution in [3.05, 3.63) is 94.1 Å². The first-order valence-corrected chi connectivity index (χ1v) is 10.7. The number of aryl methyl sites for hydroxylation is 2. The first kappa shape index (κ1) is 21.7. The van der Waals surface area contributed by atoms with Crippen molar-refractivity contribution in [1.82, 2.24) is 0 Å². The molecule has 0 fully saturated rings. The highest BCUT2D eigenvalue weighted by Gasteiger charge is 2.40. The summed E-state index contributed by atoms with van der Waals surface area (Å²) >= 11 is 6.04. The quantitative estimate of drug-likeness (QED) is 0.489. The molecule has 0 bridgehead atoms. The zero-order valence-corrected chi connectivity index (χ0v) is 18.9. The van der Waals surface area contributed by atoms with Crippen molar-refractivity contribution in [3.8, 4) is 5.75 Å². The van der Waals surface area contributed by atoms with Crippen molar-refractivity contribution >= 4 is 40.4 Å². The van der Waals surface area contributed by atoms with Gasteiger partial charge in [0.05, 0.1) is 17.9 Å². The van der Waals surface area contributed by atoms with Crippen LogP contribution in [-0.2, 0) is 9.59 Å². The van der Waals surface area contributed by atoms with Crippen LogP contribution in [0.1, 0.15) is 23.6 Å². The number of nitrogens with zero attached hydrogens (tertiary/aromatic N) is 1. The van der Waals surface area contributed by atoms with Crippen LogP contribution in [0.3, 0.4) is 0 Å². The molecule has 6 heteroatoms. The van der Waals surface area contributed by atoms with Gasteiger partial charge in [0.2, 0.25) is 0 Å². The van der Waals surface area contributed by atoms with E-state index in [0.29, 0.717) is 34.2 Å². The van der Waals surface area contributed by atoms with Crippen LogP contribution in [0.25, 0.3) is 5.57 Å². The van der Waals surface area contributed by atoms with E-state index in [4.69, 9.17) is 16.3 Å². The fourth-order valence-electron chi connectivity index (χ4n) is 3.81. The summed E-state index contributed by atoms with van der Waals surface area (Å²) in [6.45, 7) is 6.41. The fourth-order valence-corrected chi connectivity index (χ4v) is 3.94. The largest absolute Gasteiger partial charge is 0.494 e. The summed E-state index contributed by atoms with van der Waals surface area (Å²) in [6.07, 6.45) is 0. The van der Waals surface area contributed by atoms with Gasteiger partial charge >= 0.3 is 0 Å². The van der Waals surface area contributed by atoms with Crippen LogP contribution in [0, 0.1) is 13.8 Å². The molecule has 0 saturated heterocycles. The molecule has 4 rings (SSSR count). The van der Waals surface area contributed by atoms with E-state index in [-0.39, 0.29) is 5.70 Å². The smallest absolute Gasteiger partial charge is 0.282 e. The van der Waals surface area contributed by atoms with Gasteiger partial charge in [-0.05, 0) is 86.0 Å². The summed E-state index contributed by atoms with van der Waals surface area (Å²) in [5.74, 6) is -0.133. The minimum absolute atomic E-state index is 0.233. The number of benzene rings is 3. The van der Waals surface area contributed by atoms with E-state index in [0.717, 1.165) is 16.8 Å². The van der Waals surface area contributed by atoms with Crippen LogP contribution in [0.4, 0.5) is 11.4 Å². The van der Waals surface area contributed by atoms with Gasteiger partial charge in [-0.15, -0.1) is 0 Å². The second kappa shape index (κ2) is 8.89. The molecule has 2 amide bonds. The molecule has 5 nitrogen and oxygen atoms in total. The third-order valence-corrected chi connectivity index (χ3v) is 5.37. The molecule has 0 spiro atoms.